The predicted octanol–water partition coefficient (Wildman–Crippen LogP) is 3.99. The van der Waals surface area contributed by atoms with Crippen molar-refractivity contribution in [3.63, 3.8) is 0 Å². The highest BCUT2D eigenvalue weighted by Gasteiger charge is 2.29. The molecule has 4 nitrogen and oxygen atoms in total. The predicted molar refractivity (Wildman–Crippen MR) is 100 cm³/mol. The number of hydrogen-bond donors (Lipinski definition) is 0. The summed E-state index contributed by atoms with van der Waals surface area (Å²) in [4.78, 5) is 0. The first-order chi connectivity index (χ1) is 11.4. The lowest BCUT2D eigenvalue weighted by Gasteiger charge is -2.23. The number of halogens is 1. The lowest BCUT2D eigenvalue weighted by Crippen LogP contribution is -2.43. The second kappa shape index (κ2) is 10.8. The van der Waals surface area contributed by atoms with Gasteiger partial charge in [0.15, 0.2) is 6.79 Å². The molecule has 0 saturated carbocycles. The van der Waals surface area contributed by atoms with Gasteiger partial charge in [-0.1, -0.05) is 17.7 Å². The van der Waals surface area contributed by atoms with E-state index in [1.165, 1.54) is 0 Å². The molecule has 0 N–H and O–H groups in total. The van der Waals surface area contributed by atoms with E-state index in [4.69, 9.17) is 30.4 Å². The van der Waals surface area contributed by atoms with Crippen LogP contribution in [0.25, 0.3) is 0 Å². The Morgan fingerprint density at radius 2 is 1.79 bits per heavy atom. The van der Waals surface area contributed by atoms with Gasteiger partial charge in [0.2, 0.25) is 0 Å². The van der Waals surface area contributed by atoms with Crippen molar-refractivity contribution in [2.45, 2.75) is 52.7 Å². The van der Waals surface area contributed by atoms with Crippen LogP contribution in [0.5, 0.6) is 5.75 Å². The fraction of sp³-hybridized carbons (Fsp3) is 0.556. The van der Waals surface area contributed by atoms with Crippen molar-refractivity contribution in [2.75, 3.05) is 13.9 Å². The molecule has 0 heterocycles. The van der Waals surface area contributed by atoms with Gasteiger partial charge in [-0.3, -0.25) is 0 Å². The van der Waals surface area contributed by atoms with Crippen LogP contribution in [0.15, 0.2) is 24.8 Å². The van der Waals surface area contributed by atoms with Gasteiger partial charge in [-0.15, -0.1) is 6.58 Å². The molecular formula is C18H28BClO4. The Morgan fingerprint density at radius 1 is 1.17 bits per heavy atom. The molecule has 0 aliphatic carbocycles. The molecule has 0 unspecified atom stereocenters. The van der Waals surface area contributed by atoms with Crippen molar-refractivity contribution in [3.05, 3.63) is 35.4 Å². The van der Waals surface area contributed by atoms with Gasteiger partial charge in [0.1, 0.15) is 5.75 Å². The van der Waals surface area contributed by atoms with Crippen LogP contribution in [0.2, 0.25) is 5.02 Å². The van der Waals surface area contributed by atoms with Gasteiger partial charge in [-0.2, -0.15) is 0 Å². The van der Waals surface area contributed by atoms with Crippen LogP contribution >= 0.6 is 11.6 Å². The van der Waals surface area contributed by atoms with Crippen LogP contribution in [0, 0.1) is 0 Å². The van der Waals surface area contributed by atoms with E-state index >= 15 is 0 Å². The normalized spacial score (nSPS) is 11.2. The number of methoxy groups -OCH3 is 1. The van der Waals surface area contributed by atoms with Crippen molar-refractivity contribution < 1.29 is 18.8 Å². The summed E-state index contributed by atoms with van der Waals surface area (Å²) in [5.41, 5.74) is 1.88. The van der Waals surface area contributed by atoms with E-state index in [0.29, 0.717) is 10.8 Å². The van der Waals surface area contributed by atoms with Gasteiger partial charge >= 0.3 is 7.12 Å². The zero-order valence-electron chi connectivity index (χ0n) is 15.3. The van der Waals surface area contributed by atoms with Gasteiger partial charge in [-0.25, -0.2) is 0 Å². The Balaban J connectivity index is 3.28. The van der Waals surface area contributed by atoms with Crippen LogP contribution in [0.4, 0.5) is 0 Å². The number of rotatable bonds is 11. The molecule has 0 atom stereocenters. The average Bonchev–Trinajstić information content (AvgIpc) is 2.49. The molecule has 0 amide bonds. The molecule has 0 aliphatic heterocycles. The maximum Gasteiger partial charge on any atom is 0.494 e. The number of ether oxygens (including phenoxy) is 2. The molecule has 1 aromatic rings. The summed E-state index contributed by atoms with van der Waals surface area (Å²) in [6, 6.07) is 3.71. The minimum Gasteiger partial charge on any atom is -0.468 e. The Hall–Kier alpha value is -1.01. The standard InChI is InChI=1S/C18H28BClO4/c1-7-8-9-16-17(19(23-13(2)3)24-14(4)5)10-15(11-18(16)20)22-12-21-6/h7,10-11,13-14H,1,8-9,12H2,2-6H3. The van der Waals surface area contributed by atoms with Gasteiger partial charge in [0, 0.05) is 24.3 Å². The first-order valence-corrected chi connectivity index (χ1v) is 8.62. The fourth-order valence-electron chi connectivity index (χ4n) is 2.24. The summed E-state index contributed by atoms with van der Waals surface area (Å²) >= 11 is 6.50. The minimum absolute atomic E-state index is 0.0170. The molecule has 0 bridgehead atoms. The minimum atomic E-state index is -0.506. The topological polar surface area (TPSA) is 36.9 Å². The highest BCUT2D eigenvalue weighted by molar-refractivity contribution is 6.62. The third kappa shape index (κ3) is 6.85. The fourth-order valence-corrected chi connectivity index (χ4v) is 2.55. The van der Waals surface area contributed by atoms with Gasteiger partial charge in [-0.05, 0) is 63.7 Å². The zero-order chi connectivity index (χ0) is 18.1. The second-order valence-electron chi connectivity index (χ2n) is 6.05. The molecular weight excluding hydrogens is 326 g/mol. The van der Waals surface area contributed by atoms with Crippen LogP contribution < -0.4 is 10.2 Å². The summed E-state index contributed by atoms with van der Waals surface area (Å²) in [6.45, 7) is 11.9. The summed E-state index contributed by atoms with van der Waals surface area (Å²) < 4.78 is 22.5. The maximum atomic E-state index is 6.50. The molecule has 0 saturated heterocycles. The van der Waals surface area contributed by atoms with Crippen molar-refractivity contribution in [1.82, 2.24) is 0 Å². The van der Waals surface area contributed by atoms with E-state index in [2.05, 4.69) is 6.58 Å². The van der Waals surface area contributed by atoms with Crippen molar-refractivity contribution in [1.29, 1.82) is 0 Å². The van der Waals surface area contributed by atoms with E-state index < -0.39 is 7.12 Å². The number of hydrogen-bond acceptors (Lipinski definition) is 4. The molecule has 0 spiro atoms. The first kappa shape index (κ1) is 21.0. The van der Waals surface area contributed by atoms with Crippen molar-refractivity contribution >= 4 is 24.2 Å². The van der Waals surface area contributed by atoms with Gasteiger partial charge in [0.05, 0.1) is 0 Å². The molecule has 0 radical (unpaired) electrons. The quantitative estimate of drug-likeness (QED) is 0.342. The summed E-state index contributed by atoms with van der Waals surface area (Å²) in [7, 11) is 1.07. The molecule has 1 rings (SSSR count). The van der Waals surface area contributed by atoms with E-state index in [9.17, 15) is 0 Å². The molecule has 0 fully saturated rings. The average molecular weight is 355 g/mol. The molecule has 1 aromatic carbocycles. The molecule has 0 aromatic heterocycles. The third-order valence-corrected chi connectivity index (χ3v) is 3.53. The third-order valence-electron chi connectivity index (χ3n) is 3.19. The molecule has 0 aliphatic rings. The van der Waals surface area contributed by atoms with Crippen LogP contribution in [-0.2, 0) is 20.5 Å². The van der Waals surface area contributed by atoms with Crippen molar-refractivity contribution in [3.8, 4) is 5.75 Å². The monoisotopic (exact) mass is 354 g/mol. The molecule has 134 valence electrons. The number of allylic oxidation sites excluding steroid dienone is 1. The van der Waals surface area contributed by atoms with E-state index in [0.717, 1.165) is 23.9 Å². The molecule has 24 heavy (non-hydrogen) atoms. The summed E-state index contributed by atoms with van der Waals surface area (Å²) in [6.07, 6.45) is 3.49. The summed E-state index contributed by atoms with van der Waals surface area (Å²) in [5.74, 6) is 0.629. The lowest BCUT2D eigenvalue weighted by molar-refractivity contribution is 0.0511. The Labute approximate surface area is 151 Å². The maximum absolute atomic E-state index is 6.50. The Kier molecular flexibility index (Phi) is 9.45. The summed E-state index contributed by atoms with van der Waals surface area (Å²) in [5, 5.41) is 0.630. The van der Waals surface area contributed by atoms with Crippen molar-refractivity contribution in [2.24, 2.45) is 0 Å². The zero-order valence-corrected chi connectivity index (χ0v) is 16.1. The molecule has 6 heteroatoms. The smallest absolute Gasteiger partial charge is 0.468 e. The van der Waals surface area contributed by atoms with Crippen LogP contribution in [0.3, 0.4) is 0 Å². The Bertz CT molecular complexity index is 510. The van der Waals surface area contributed by atoms with Crippen LogP contribution in [0.1, 0.15) is 39.7 Å². The first-order valence-electron chi connectivity index (χ1n) is 8.24. The lowest BCUT2D eigenvalue weighted by atomic mass is 9.74. The van der Waals surface area contributed by atoms with Crippen LogP contribution in [-0.4, -0.2) is 33.2 Å². The SMILES string of the molecule is C=CCCc1c(Cl)cc(OCOC)cc1B(OC(C)C)OC(C)C. The van der Waals surface area contributed by atoms with Gasteiger partial charge in [0.25, 0.3) is 0 Å². The van der Waals surface area contributed by atoms with E-state index in [1.807, 2.05) is 39.8 Å². The highest BCUT2D eigenvalue weighted by Crippen LogP contribution is 2.24. The number of benzene rings is 1. The van der Waals surface area contributed by atoms with E-state index in [1.54, 1.807) is 13.2 Å². The van der Waals surface area contributed by atoms with Gasteiger partial charge < -0.3 is 18.8 Å². The largest absolute Gasteiger partial charge is 0.494 e. The highest BCUT2D eigenvalue weighted by atomic mass is 35.5. The second-order valence-corrected chi connectivity index (χ2v) is 6.46. The van der Waals surface area contributed by atoms with E-state index in [-0.39, 0.29) is 19.0 Å². The Morgan fingerprint density at radius 3 is 2.29 bits per heavy atom.